The summed E-state index contributed by atoms with van der Waals surface area (Å²) in [6.07, 6.45) is -0.912. The summed E-state index contributed by atoms with van der Waals surface area (Å²) in [7, 11) is -1.69. The maximum Gasteiger partial charge on any atom is 0.161 e. The van der Waals surface area contributed by atoms with E-state index in [0.717, 1.165) is 5.56 Å². The largest absolute Gasteiger partial charge is 0.493 e. The molecule has 0 aromatic heterocycles. The number of hydrogen-bond donors (Lipinski definition) is 2. The number of sulfone groups is 1. The Bertz CT molecular complexity index is 903. The highest BCUT2D eigenvalue weighted by molar-refractivity contribution is 7.91. The summed E-state index contributed by atoms with van der Waals surface area (Å²) in [6.45, 7) is 0.413. The molecule has 27 heavy (non-hydrogen) atoms. The molecule has 3 rings (SSSR count). The number of nitrogens with one attached hydrogen (secondary N) is 1. The van der Waals surface area contributed by atoms with Gasteiger partial charge in [-0.1, -0.05) is 24.3 Å². The molecule has 1 aliphatic heterocycles. The highest BCUT2D eigenvalue weighted by atomic mass is 32.2. The summed E-state index contributed by atoms with van der Waals surface area (Å²) in [4.78, 5) is 0. The first-order valence-electron chi connectivity index (χ1n) is 8.53. The molecule has 2 aromatic carbocycles. The van der Waals surface area contributed by atoms with Crippen LogP contribution in [0.5, 0.6) is 11.5 Å². The van der Waals surface area contributed by atoms with E-state index in [1.807, 2.05) is 6.07 Å². The Hall–Kier alpha value is -2.16. The Labute approximate surface area is 157 Å². The minimum atomic E-state index is -3.20. The van der Waals surface area contributed by atoms with Gasteiger partial charge in [-0.05, 0) is 23.8 Å². The highest BCUT2D eigenvalue weighted by Crippen LogP contribution is 2.29. The van der Waals surface area contributed by atoms with Crippen LogP contribution < -0.4 is 14.8 Å². The summed E-state index contributed by atoms with van der Waals surface area (Å²) >= 11 is 0. The minimum absolute atomic E-state index is 0.0551. The molecule has 1 saturated heterocycles. The molecule has 1 fully saturated rings. The molecule has 1 heterocycles. The third kappa shape index (κ3) is 4.97. The van der Waals surface area contributed by atoms with Crippen molar-refractivity contribution in [3.05, 3.63) is 59.4 Å². The van der Waals surface area contributed by atoms with Gasteiger partial charge >= 0.3 is 0 Å². The van der Waals surface area contributed by atoms with Crippen LogP contribution in [-0.4, -0.2) is 44.3 Å². The van der Waals surface area contributed by atoms with Gasteiger partial charge in [-0.3, -0.25) is 0 Å². The summed E-state index contributed by atoms with van der Waals surface area (Å²) in [5.74, 6) is 0.328. The van der Waals surface area contributed by atoms with Crippen molar-refractivity contribution in [2.24, 2.45) is 0 Å². The lowest BCUT2D eigenvalue weighted by Gasteiger charge is -2.16. The number of hydrogen-bond acceptors (Lipinski definition) is 6. The molecule has 2 aromatic rings. The lowest BCUT2D eigenvalue weighted by atomic mass is 10.1. The van der Waals surface area contributed by atoms with E-state index in [-0.39, 0.29) is 23.9 Å². The fraction of sp³-hybridized carbons (Fsp3) is 0.368. The van der Waals surface area contributed by atoms with Crippen molar-refractivity contribution in [1.82, 2.24) is 5.32 Å². The summed E-state index contributed by atoms with van der Waals surface area (Å²) < 4.78 is 47.9. The molecule has 1 aliphatic rings. The van der Waals surface area contributed by atoms with Gasteiger partial charge in [0.15, 0.2) is 21.3 Å². The molecule has 2 atom stereocenters. The predicted octanol–water partition coefficient (Wildman–Crippen LogP) is 1.66. The third-order valence-electron chi connectivity index (χ3n) is 4.46. The van der Waals surface area contributed by atoms with E-state index in [0.29, 0.717) is 23.6 Å². The van der Waals surface area contributed by atoms with E-state index in [1.54, 1.807) is 30.3 Å². The normalized spacial score (nSPS) is 21.1. The number of methoxy groups -OCH3 is 1. The fourth-order valence-electron chi connectivity index (χ4n) is 2.99. The van der Waals surface area contributed by atoms with Crippen LogP contribution in [-0.2, 0) is 23.0 Å². The SMILES string of the molecule is COc1ccc(CN[C@@H]2CS(=O)(=O)C[C@H]2O)cc1OCc1ccccc1F. The van der Waals surface area contributed by atoms with Crippen molar-refractivity contribution in [2.75, 3.05) is 18.6 Å². The zero-order valence-electron chi connectivity index (χ0n) is 14.9. The molecule has 0 amide bonds. The van der Waals surface area contributed by atoms with E-state index in [9.17, 15) is 17.9 Å². The Morgan fingerprint density at radius 1 is 1.19 bits per heavy atom. The van der Waals surface area contributed by atoms with E-state index >= 15 is 0 Å². The monoisotopic (exact) mass is 395 g/mol. The topological polar surface area (TPSA) is 84.9 Å². The highest BCUT2D eigenvalue weighted by Gasteiger charge is 2.35. The Balaban J connectivity index is 1.67. The standard InChI is InChI=1S/C19H22FNO5S/c1-25-18-7-6-13(9-21-16-11-27(23,24)12-17(16)22)8-19(18)26-10-14-4-2-3-5-15(14)20/h2-8,16-17,21-22H,9-12H2,1H3/t16-,17-/m1/s1. The van der Waals surface area contributed by atoms with Crippen molar-refractivity contribution in [1.29, 1.82) is 0 Å². The van der Waals surface area contributed by atoms with Crippen molar-refractivity contribution >= 4 is 9.84 Å². The van der Waals surface area contributed by atoms with Gasteiger partial charge in [0.25, 0.3) is 0 Å². The Kier molecular flexibility index (Phi) is 5.98. The average Bonchev–Trinajstić information content (AvgIpc) is 2.91. The van der Waals surface area contributed by atoms with Crippen molar-refractivity contribution in [2.45, 2.75) is 25.3 Å². The molecule has 0 radical (unpaired) electrons. The molecular weight excluding hydrogens is 373 g/mol. The van der Waals surface area contributed by atoms with Crippen molar-refractivity contribution < 1.29 is 27.4 Å². The number of halogens is 1. The number of aliphatic hydroxyl groups is 1. The van der Waals surface area contributed by atoms with Crippen LogP contribution in [0.25, 0.3) is 0 Å². The minimum Gasteiger partial charge on any atom is -0.493 e. The Morgan fingerprint density at radius 3 is 2.63 bits per heavy atom. The first-order chi connectivity index (χ1) is 12.9. The van der Waals surface area contributed by atoms with Gasteiger partial charge in [0.1, 0.15) is 12.4 Å². The molecule has 6 nitrogen and oxygen atoms in total. The second-order valence-corrected chi connectivity index (χ2v) is 8.65. The van der Waals surface area contributed by atoms with Crippen molar-refractivity contribution in [3.63, 3.8) is 0 Å². The van der Waals surface area contributed by atoms with Gasteiger partial charge in [-0.25, -0.2) is 12.8 Å². The van der Waals surface area contributed by atoms with Crippen LogP contribution in [0, 0.1) is 5.82 Å². The van der Waals surface area contributed by atoms with E-state index in [1.165, 1.54) is 13.2 Å². The third-order valence-corrected chi connectivity index (χ3v) is 6.18. The average molecular weight is 395 g/mol. The lowest BCUT2D eigenvalue weighted by molar-refractivity contribution is 0.165. The van der Waals surface area contributed by atoms with Crippen LogP contribution in [0.3, 0.4) is 0 Å². The molecule has 0 spiro atoms. The summed E-state index contributed by atoms with van der Waals surface area (Å²) in [5.41, 5.74) is 1.26. The molecule has 146 valence electrons. The number of rotatable bonds is 7. The van der Waals surface area contributed by atoms with Crippen LogP contribution >= 0.6 is 0 Å². The zero-order valence-corrected chi connectivity index (χ0v) is 15.7. The maximum absolute atomic E-state index is 13.8. The van der Waals surface area contributed by atoms with Crippen LogP contribution in [0.15, 0.2) is 42.5 Å². The second kappa shape index (κ2) is 8.24. The van der Waals surface area contributed by atoms with E-state index in [4.69, 9.17) is 9.47 Å². The molecule has 0 unspecified atom stereocenters. The number of benzene rings is 2. The second-order valence-electron chi connectivity index (χ2n) is 6.50. The van der Waals surface area contributed by atoms with Gasteiger partial charge in [0, 0.05) is 18.2 Å². The van der Waals surface area contributed by atoms with Crippen LogP contribution in [0.4, 0.5) is 4.39 Å². The lowest BCUT2D eigenvalue weighted by Crippen LogP contribution is -2.38. The zero-order chi connectivity index (χ0) is 19.4. The van der Waals surface area contributed by atoms with Gasteiger partial charge < -0.3 is 19.9 Å². The quantitative estimate of drug-likeness (QED) is 0.742. The van der Waals surface area contributed by atoms with Crippen molar-refractivity contribution in [3.8, 4) is 11.5 Å². The number of aliphatic hydroxyl groups excluding tert-OH is 1. The first-order valence-corrected chi connectivity index (χ1v) is 10.3. The first kappa shape index (κ1) is 19.6. The summed E-state index contributed by atoms with van der Waals surface area (Å²) in [6, 6.07) is 11.2. The molecule has 0 bridgehead atoms. The molecule has 0 saturated carbocycles. The van der Waals surface area contributed by atoms with Gasteiger partial charge in [-0.15, -0.1) is 0 Å². The van der Waals surface area contributed by atoms with Gasteiger partial charge in [0.2, 0.25) is 0 Å². The predicted molar refractivity (Wildman–Crippen MR) is 99.0 cm³/mol. The van der Waals surface area contributed by atoms with Gasteiger partial charge in [0.05, 0.1) is 24.7 Å². The smallest absolute Gasteiger partial charge is 0.161 e. The summed E-state index contributed by atoms with van der Waals surface area (Å²) in [5, 5.41) is 12.9. The van der Waals surface area contributed by atoms with Crippen LogP contribution in [0.1, 0.15) is 11.1 Å². The molecule has 0 aliphatic carbocycles. The fourth-order valence-corrected chi connectivity index (χ4v) is 4.76. The van der Waals surface area contributed by atoms with Crippen LogP contribution in [0.2, 0.25) is 0 Å². The van der Waals surface area contributed by atoms with Gasteiger partial charge in [-0.2, -0.15) is 0 Å². The Morgan fingerprint density at radius 2 is 1.96 bits per heavy atom. The maximum atomic E-state index is 13.8. The molecule has 8 heteroatoms. The molecule has 2 N–H and O–H groups in total. The molecular formula is C19H22FNO5S. The number of ether oxygens (including phenoxy) is 2. The van der Waals surface area contributed by atoms with E-state index < -0.39 is 22.0 Å². The van der Waals surface area contributed by atoms with E-state index in [2.05, 4.69) is 5.32 Å².